The third kappa shape index (κ3) is 5.26. The largest absolute Gasteiger partial charge is 0.452 e. The Morgan fingerprint density at radius 2 is 2.12 bits per heavy atom. The van der Waals surface area contributed by atoms with Gasteiger partial charge in [0.2, 0.25) is 0 Å². The van der Waals surface area contributed by atoms with E-state index in [0.29, 0.717) is 18.5 Å². The van der Waals surface area contributed by atoms with Crippen LogP contribution in [0.1, 0.15) is 25.8 Å². The van der Waals surface area contributed by atoms with E-state index in [1.165, 1.54) is 30.0 Å². The maximum Gasteiger partial charge on any atom is 0.311 e. The topological polar surface area (TPSA) is 80.8 Å². The Hall–Kier alpha value is -1.96. The number of carbonyl (C=O) groups is 2. The number of benzene rings is 1. The molecule has 1 aliphatic rings. The maximum absolute atomic E-state index is 13.1. The zero-order valence-corrected chi connectivity index (χ0v) is 15.1. The number of hydrogen-bond acceptors (Lipinski definition) is 5. The van der Waals surface area contributed by atoms with Gasteiger partial charge in [-0.25, -0.2) is 12.8 Å². The van der Waals surface area contributed by atoms with Gasteiger partial charge in [0.1, 0.15) is 5.82 Å². The molecule has 0 spiro atoms. The van der Waals surface area contributed by atoms with E-state index in [9.17, 15) is 22.4 Å². The van der Waals surface area contributed by atoms with Crippen LogP contribution in [0.3, 0.4) is 0 Å². The minimum Gasteiger partial charge on any atom is -0.452 e. The minimum atomic E-state index is -3.11. The van der Waals surface area contributed by atoms with Crippen LogP contribution in [-0.2, 0) is 30.6 Å². The number of carbonyl (C=O) groups excluding carboxylic acids is 2. The van der Waals surface area contributed by atoms with E-state index in [1.54, 1.807) is 13.0 Å². The SMILES string of the molecule is CCN(C(=O)C(C)OC(=O)Cc1cccc(F)c1)C1CCS(=O)(=O)C1. The number of esters is 1. The molecule has 1 aromatic carbocycles. The van der Waals surface area contributed by atoms with Crippen molar-refractivity contribution in [1.29, 1.82) is 0 Å². The normalized spacial score (nSPS) is 20.0. The predicted molar refractivity (Wildman–Crippen MR) is 90.1 cm³/mol. The summed E-state index contributed by atoms with van der Waals surface area (Å²) in [6, 6.07) is 5.21. The Balaban J connectivity index is 1.95. The summed E-state index contributed by atoms with van der Waals surface area (Å²) in [6.45, 7) is 3.55. The summed E-state index contributed by atoms with van der Waals surface area (Å²) in [5.74, 6) is -1.50. The minimum absolute atomic E-state index is 0.0590. The van der Waals surface area contributed by atoms with E-state index in [-0.39, 0.29) is 24.0 Å². The van der Waals surface area contributed by atoms with Crippen LogP contribution in [0.2, 0.25) is 0 Å². The predicted octanol–water partition coefficient (Wildman–Crippen LogP) is 1.34. The number of nitrogens with zero attached hydrogens (tertiary/aromatic N) is 1. The van der Waals surface area contributed by atoms with Gasteiger partial charge < -0.3 is 9.64 Å². The number of halogens is 1. The molecule has 8 heteroatoms. The molecule has 1 aromatic rings. The molecule has 25 heavy (non-hydrogen) atoms. The van der Waals surface area contributed by atoms with E-state index in [4.69, 9.17) is 4.74 Å². The molecule has 1 saturated heterocycles. The van der Waals surface area contributed by atoms with Crippen LogP contribution in [0, 0.1) is 5.82 Å². The third-order valence-corrected chi connectivity index (χ3v) is 5.92. The van der Waals surface area contributed by atoms with Gasteiger partial charge in [0, 0.05) is 12.6 Å². The summed E-state index contributed by atoms with van der Waals surface area (Å²) < 4.78 is 41.5. The van der Waals surface area contributed by atoms with Gasteiger partial charge in [0.25, 0.3) is 5.91 Å². The zero-order chi connectivity index (χ0) is 18.6. The molecule has 1 fully saturated rings. The van der Waals surface area contributed by atoms with Crippen molar-refractivity contribution < 1.29 is 27.1 Å². The van der Waals surface area contributed by atoms with Gasteiger partial charge >= 0.3 is 5.97 Å². The molecule has 2 unspecified atom stereocenters. The fourth-order valence-corrected chi connectivity index (χ4v) is 4.68. The number of hydrogen-bond donors (Lipinski definition) is 0. The molecule has 0 bridgehead atoms. The zero-order valence-electron chi connectivity index (χ0n) is 14.3. The summed E-state index contributed by atoms with van der Waals surface area (Å²) in [6.07, 6.45) is -0.769. The van der Waals surface area contributed by atoms with Crippen LogP contribution in [0.25, 0.3) is 0 Å². The number of likely N-dealkylation sites (N-methyl/N-ethyl adjacent to an activating group) is 1. The van der Waals surface area contributed by atoms with Gasteiger partial charge in [-0.15, -0.1) is 0 Å². The lowest BCUT2D eigenvalue weighted by molar-refractivity contribution is -0.159. The highest BCUT2D eigenvalue weighted by Gasteiger charge is 2.36. The first-order valence-corrected chi connectivity index (χ1v) is 9.99. The van der Waals surface area contributed by atoms with Crippen LogP contribution >= 0.6 is 0 Å². The fraction of sp³-hybridized carbons (Fsp3) is 0.529. The van der Waals surface area contributed by atoms with Crippen LogP contribution in [0.15, 0.2) is 24.3 Å². The van der Waals surface area contributed by atoms with Crippen LogP contribution in [-0.4, -0.2) is 55.4 Å². The molecule has 2 atom stereocenters. The van der Waals surface area contributed by atoms with Crippen molar-refractivity contribution in [2.75, 3.05) is 18.1 Å². The van der Waals surface area contributed by atoms with E-state index < -0.39 is 33.6 Å². The summed E-state index contributed by atoms with van der Waals surface area (Å²) in [7, 11) is -3.11. The first-order valence-electron chi connectivity index (χ1n) is 8.16. The quantitative estimate of drug-likeness (QED) is 0.705. The number of sulfone groups is 1. The molecule has 1 aliphatic heterocycles. The molecule has 2 rings (SSSR count). The smallest absolute Gasteiger partial charge is 0.311 e. The lowest BCUT2D eigenvalue weighted by Gasteiger charge is -2.29. The molecule has 1 heterocycles. The van der Waals surface area contributed by atoms with E-state index in [0.717, 1.165) is 0 Å². The van der Waals surface area contributed by atoms with Crippen molar-refractivity contribution in [3.63, 3.8) is 0 Å². The van der Waals surface area contributed by atoms with Crippen molar-refractivity contribution in [2.24, 2.45) is 0 Å². The molecule has 0 aromatic heterocycles. The van der Waals surface area contributed by atoms with Crippen molar-refractivity contribution in [2.45, 2.75) is 38.8 Å². The van der Waals surface area contributed by atoms with E-state index >= 15 is 0 Å². The highest BCUT2D eigenvalue weighted by atomic mass is 32.2. The van der Waals surface area contributed by atoms with E-state index in [1.807, 2.05) is 0 Å². The molecule has 138 valence electrons. The van der Waals surface area contributed by atoms with Crippen molar-refractivity contribution in [3.8, 4) is 0 Å². The van der Waals surface area contributed by atoms with Gasteiger partial charge in [-0.3, -0.25) is 9.59 Å². The first-order chi connectivity index (χ1) is 11.7. The standard InChI is InChI=1S/C17H22FNO5S/c1-3-19(15-7-8-25(22,23)11-15)17(21)12(2)24-16(20)10-13-5-4-6-14(18)9-13/h4-6,9,12,15H,3,7-8,10-11H2,1-2H3. The molecular weight excluding hydrogens is 349 g/mol. The molecule has 0 N–H and O–H groups in total. The first kappa shape index (κ1) is 19.4. The second kappa shape index (κ2) is 7.95. The van der Waals surface area contributed by atoms with Crippen molar-refractivity contribution in [1.82, 2.24) is 4.90 Å². The second-order valence-electron chi connectivity index (χ2n) is 6.12. The van der Waals surface area contributed by atoms with Crippen LogP contribution in [0.5, 0.6) is 0 Å². The Labute approximate surface area is 146 Å². The molecule has 0 saturated carbocycles. The van der Waals surface area contributed by atoms with E-state index in [2.05, 4.69) is 0 Å². The summed E-state index contributed by atoms with van der Waals surface area (Å²) >= 11 is 0. The maximum atomic E-state index is 13.1. The summed E-state index contributed by atoms with van der Waals surface area (Å²) in [5.41, 5.74) is 0.457. The lowest BCUT2D eigenvalue weighted by Crippen LogP contribution is -2.46. The molecule has 1 amide bonds. The highest BCUT2D eigenvalue weighted by molar-refractivity contribution is 7.91. The van der Waals surface area contributed by atoms with Gasteiger partial charge in [-0.2, -0.15) is 0 Å². The molecule has 0 radical (unpaired) electrons. The van der Waals surface area contributed by atoms with Gasteiger partial charge in [-0.05, 0) is 38.0 Å². The Kier molecular flexibility index (Phi) is 6.16. The van der Waals surface area contributed by atoms with Gasteiger partial charge in [0.05, 0.1) is 17.9 Å². The number of ether oxygens (including phenoxy) is 1. The van der Waals surface area contributed by atoms with Crippen LogP contribution in [0.4, 0.5) is 4.39 Å². The molecular formula is C17H22FNO5S. The molecule has 0 aliphatic carbocycles. The van der Waals surface area contributed by atoms with Crippen molar-refractivity contribution >= 4 is 21.7 Å². The Morgan fingerprint density at radius 3 is 2.68 bits per heavy atom. The monoisotopic (exact) mass is 371 g/mol. The summed E-state index contributed by atoms with van der Waals surface area (Å²) in [5, 5.41) is 0. The number of rotatable bonds is 6. The van der Waals surface area contributed by atoms with Gasteiger partial charge in [-0.1, -0.05) is 12.1 Å². The third-order valence-electron chi connectivity index (χ3n) is 4.17. The molecule has 6 nitrogen and oxygen atoms in total. The summed E-state index contributed by atoms with van der Waals surface area (Å²) in [4.78, 5) is 25.9. The number of amides is 1. The van der Waals surface area contributed by atoms with Crippen molar-refractivity contribution in [3.05, 3.63) is 35.6 Å². The highest BCUT2D eigenvalue weighted by Crippen LogP contribution is 2.19. The van der Waals surface area contributed by atoms with Crippen LogP contribution < -0.4 is 0 Å². The average Bonchev–Trinajstić information content (AvgIpc) is 2.87. The Bertz CT molecular complexity index is 749. The van der Waals surface area contributed by atoms with Gasteiger partial charge in [0.15, 0.2) is 15.9 Å². The second-order valence-corrected chi connectivity index (χ2v) is 8.35. The fourth-order valence-electron chi connectivity index (χ4n) is 2.95. The lowest BCUT2D eigenvalue weighted by atomic mass is 10.1. The Morgan fingerprint density at radius 1 is 1.40 bits per heavy atom. The average molecular weight is 371 g/mol.